The molecule has 1 aliphatic rings. The number of rotatable bonds is 7. The van der Waals surface area contributed by atoms with Gasteiger partial charge < -0.3 is 19.5 Å². The van der Waals surface area contributed by atoms with Crippen molar-refractivity contribution in [3.8, 4) is 5.75 Å². The Kier molecular flexibility index (Phi) is 6.36. The lowest BCUT2D eigenvalue weighted by atomic mass is 9.78. The molecule has 1 aromatic carbocycles. The fourth-order valence-corrected chi connectivity index (χ4v) is 2.94. The first-order valence-corrected chi connectivity index (χ1v) is 7.84. The number of piperidine rings is 1. The molecule has 0 unspecified atom stereocenters. The third kappa shape index (κ3) is 4.91. The molecule has 0 saturated carbocycles. The number of carbonyl (C=O) groups is 1. The van der Waals surface area contributed by atoms with Crippen molar-refractivity contribution in [3.63, 3.8) is 0 Å². The molecule has 1 aromatic rings. The van der Waals surface area contributed by atoms with Gasteiger partial charge in [0.15, 0.2) is 6.61 Å². The second-order valence-electron chi connectivity index (χ2n) is 6.07. The molecule has 1 atom stereocenters. The summed E-state index contributed by atoms with van der Waals surface area (Å²) < 4.78 is 23.6. The van der Waals surface area contributed by atoms with E-state index in [0.29, 0.717) is 31.9 Å². The van der Waals surface area contributed by atoms with Crippen LogP contribution in [0.25, 0.3) is 0 Å². The molecule has 1 aliphatic heterocycles. The summed E-state index contributed by atoms with van der Waals surface area (Å²) in [6.07, 6.45) is 2.44. The van der Waals surface area contributed by atoms with Gasteiger partial charge in [-0.05, 0) is 31.4 Å². The summed E-state index contributed by atoms with van der Waals surface area (Å²) in [6.45, 7) is 1.61. The summed E-state index contributed by atoms with van der Waals surface area (Å²) >= 11 is 0. The molecular weight excluding hydrogens is 301 g/mol. The van der Waals surface area contributed by atoms with Crippen molar-refractivity contribution in [2.75, 3.05) is 40.0 Å². The number of halogens is 1. The Morgan fingerprint density at radius 1 is 1.48 bits per heavy atom. The van der Waals surface area contributed by atoms with Gasteiger partial charge in [-0.2, -0.15) is 0 Å². The van der Waals surface area contributed by atoms with Crippen LogP contribution in [0.15, 0.2) is 24.3 Å². The largest absolute Gasteiger partial charge is 0.484 e. The van der Waals surface area contributed by atoms with Crippen LogP contribution in [0.4, 0.5) is 4.39 Å². The van der Waals surface area contributed by atoms with Crippen LogP contribution in [-0.2, 0) is 9.53 Å². The molecule has 1 heterocycles. The lowest BCUT2D eigenvalue weighted by Gasteiger charge is -2.41. The van der Waals surface area contributed by atoms with Crippen LogP contribution in [0.3, 0.4) is 0 Å². The van der Waals surface area contributed by atoms with Crippen molar-refractivity contribution in [3.05, 3.63) is 30.1 Å². The minimum atomic E-state index is -0.396. The highest BCUT2D eigenvalue weighted by Gasteiger charge is 2.36. The van der Waals surface area contributed by atoms with Gasteiger partial charge in [0, 0.05) is 38.3 Å². The van der Waals surface area contributed by atoms with Crippen LogP contribution < -0.4 is 4.74 Å². The Hall–Kier alpha value is -1.66. The molecule has 0 aliphatic carbocycles. The molecule has 0 aromatic heterocycles. The second kappa shape index (κ2) is 8.26. The standard InChI is InChI=1S/C17H24FNO4/c1-22-9-7-17(13-20)6-3-8-19(12-17)16(21)11-23-15-5-2-4-14(18)10-15/h2,4-5,10,20H,3,6-9,11-13H2,1H3/t17-/m1/s1. The summed E-state index contributed by atoms with van der Waals surface area (Å²) in [7, 11) is 1.63. The molecular formula is C17H24FNO4. The topological polar surface area (TPSA) is 59.0 Å². The number of aliphatic hydroxyl groups is 1. The molecule has 2 rings (SSSR count). The molecule has 1 saturated heterocycles. The van der Waals surface area contributed by atoms with Crippen molar-refractivity contribution in [2.45, 2.75) is 19.3 Å². The van der Waals surface area contributed by atoms with Crippen LogP contribution in [-0.4, -0.2) is 55.9 Å². The van der Waals surface area contributed by atoms with Crippen molar-refractivity contribution < 1.29 is 23.8 Å². The quantitative estimate of drug-likeness (QED) is 0.831. The van der Waals surface area contributed by atoms with Crippen LogP contribution in [0.2, 0.25) is 0 Å². The number of ether oxygens (including phenoxy) is 2. The normalized spacial score (nSPS) is 21.3. The van der Waals surface area contributed by atoms with E-state index in [1.165, 1.54) is 18.2 Å². The number of methoxy groups -OCH3 is 1. The maximum Gasteiger partial charge on any atom is 0.260 e. The molecule has 1 N–H and O–H groups in total. The van der Waals surface area contributed by atoms with Crippen molar-refractivity contribution >= 4 is 5.91 Å². The number of hydrogen-bond donors (Lipinski definition) is 1. The van der Waals surface area contributed by atoms with Crippen LogP contribution >= 0.6 is 0 Å². The van der Waals surface area contributed by atoms with Crippen molar-refractivity contribution in [2.24, 2.45) is 5.41 Å². The summed E-state index contributed by atoms with van der Waals surface area (Å²) in [5.74, 6) is -0.209. The molecule has 0 radical (unpaired) electrons. The van der Waals surface area contributed by atoms with Gasteiger partial charge in [-0.3, -0.25) is 4.79 Å². The minimum absolute atomic E-state index is 0.0326. The van der Waals surface area contributed by atoms with Gasteiger partial charge in [-0.25, -0.2) is 4.39 Å². The van der Waals surface area contributed by atoms with Gasteiger partial charge in [0.05, 0.1) is 6.61 Å². The monoisotopic (exact) mass is 325 g/mol. The zero-order valence-corrected chi connectivity index (χ0v) is 13.5. The number of hydrogen-bond acceptors (Lipinski definition) is 4. The average molecular weight is 325 g/mol. The first-order valence-electron chi connectivity index (χ1n) is 7.84. The number of benzene rings is 1. The highest BCUT2D eigenvalue weighted by atomic mass is 19.1. The van der Waals surface area contributed by atoms with Gasteiger partial charge >= 0.3 is 0 Å². The number of likely N-dealkylation sites (tertiary alicyclic amines) is 1. The molecule has 1 fully saturated rings. The fourth-order valence-electron chi connectivity index (χ4n) is 2.94. The van der Waals surface area contributed by atoms with Gasteiger partial charge in [-0.15, -0.1) is 0 Å². The minimum Gasteiger partial charge on any atom is -0.484 e. The number of aliphatic hydroxyl groups excluding tert-OH is 1. The Morgan fingerprint density at radius 3 is 3.00 bits per heavy atom. The van der Waals surface area contributed by atoms with Crippen LogP contribution in [0, 0.1) is 11.2 Å². The lowest BCUT2D eigenvalue weighted by Crippen LogP contribution is -2.49. The summed E-state index contributed by atoms with van der Waals surface area (Å²) in [5.41, 5.74) is -0.303. The summed E-state index contributed by atoms with van der Waals surface area (Å²) in [4.78, 5) is 14.0. The van der Waals surface area contributed by atoms with Crippen molar-refractivity contribution in [1.82, 2.24) is 4.90 Å². The van der Waals surface area contributed by atoms with E-state index >= 15 is 0 Å². The van der Waals surface area contributed by atoms with Crippen LogP contribution in [0.5, 0.6) is 5.75 Å². The van der Waals surface area contributed by atoms with E-state index in [4.69, 9.17) is 9.47 Å². The summed E-state index contributed by atoms with van der Waals surface area (Å²) in [5, 5.41) is 9.74. The third-order valence-electron chi connectivity index (χ3n) is 4.34. The Bertz CT molecular complexity index is 525. The number of carbonyl (C=O) groups excluding carboxylic acids is 1. The van der Waals surface area contributed by atoms with E-state index in [1.807, 2.05) is 0 Å². The highest BCUT2D eigenvalue weighted by molar-refractivity contribution is 5.78. The molecule has 5 nitrogen and oxygen atoms in total. The lowest BCUT2D eigenvalue weighted by molar-refractivity contribution is -0.138. The van der Waals surface area contributed by atoms with E-state index in [2.05, 4.69) is 0 Å². The predicted molar refractivity (Wildman–Crippen MR) is 83.7 cm³/mol. The van der Waals surface area contributed by atoms with Gasteiger partial charge in [-0.1, -0.05) is 6.07 Å². The maximum atomic E-state index is 13.1. The Balaban J connectivity index is 1.90. The average Bonchev–Trinajstić information content (AvgIpc) is 2.58. The predicted octanol–water partition coefficient (Wildman–Crippen LogP) is 1.84. The Morgan fingerprint density at radius 2 is 2.30 bits per heavy atom. The zero-order valence-electron chi connectivity index (χ0n) is 13.5. The third-order valence-corrected chi connectivity index (χ3v) is 4.34. The molecule has 0 spiro atoms. The van der Waals surface area contributed by atoms with Gasteiger partial charge in [0.2, 0.25) is 0 Å². The first-order chi connectivity index (χ1) is 11.1. The molecule has 23 heavy (non-hydrogen) atoms. The zero-order chi connectivity index (χ0) is 16.7. The highest BCUT2D eigenvalue weighted by Crippen LogP contribution is 2.33. The first kappa shape index (κ1) is 17.7. The SMILES string of the molecule is COCC[C@]1(CO)CCCN(C(=O)COc2cccc(F)c2)C1. The van der Waals surface area contributed by atoms with Crippen molar-refractivity contribution in [1.29, 1.82) is 0 Å². The molecule has 1 amide bonds. The van der Waals surface area contributed by atoms with E-state index in [0.717, 1.165) is 12.8 Å². The van der Waals surface area contributed by atoms with E-state index < -0.39 is 5.82 Å². The second-order valence-corrected chi connectivity index (χ2v) is 6.07. The number of nitrogens with zero attached hydrogens (tertiary/aromatic N) is 1. The van der Waals surface area contributed by atoms with Gasteiger partial charge in [0.1, 0.15) is 11.6 Å². The molecule has 6 heteroatoms. The van der Waals surface area contributed by atoms with E-state index in [-0.39, 0.29) is 24.5 Å². The van der Waals surface area contributed by atoms with E-state index in [9.17, 15) is 14.3 Å². The van der Waals surface area contributed by atoms with Gasteiger partial charge in [0.25, 0.3) is 5.91 Å². The fraction of sp³-hybridized carbons (Fsp3) is 0.588. The van der Waals surface area contributed by atoms with Crippen LogP contribution in [0.1, 0.15) is 19.3 Å². The Labute approximate surface area is 136 Å². The molecule has 0 bridgehead atoms. The smallest absolute Gasteiger partial charge is 0.260 e. The molecule has 128 valence electrons. The summed E-state index contributed by atoms with van der Waals surface area (Å²) in [6, 6.07) is 5.73. The van der Waals surface area contributed by atoms with E-state index in [1.54, 1.807) is 18.1 Å². The maximum absolute atomic E-state index is 13.1. The number of amides is 1.